The highest BCUT2D eigenvalue weighted by Crippen LogP contribution is 2.22. The van der Waals surface area contributed by atoms with Crippen molar-refractivity contribution in [3.8, 4) is 0 Å². The van der Waals surface area contributed by atoms with Crippen LogP contribution in [0.25, 0.3) is 0 Å². The van der Waals surface area contributed by atoms with E-state index in [1.807, 2.05) is 0 Å². The van der Waals surface area contributed by atoms with Crippen LogP contribution in [0.5, 0.6) is 0 Å². The highest BCUT2D eigenvalue weighted by atomic mass is 15.2. The minimum atomic E-state index is 0.435. The minimum absolute atomic E-state index is 0.435. The summed E-state index contributed by atoms with van der Waals surface area (Å²) in [6.45, 7) is 13.9. The molecule has 0 aromatic heterocycles. The molecule has 0 radical (unpaired) electrons. The number of hydrogen-bond donors (Lipinski definition) is 0. The molecular weight excluding hydrogens is 146 g/mol. The molecule has 0 aromatic carbocycles. The number of hydrogen-bond acceptors (Lipinski definition) is 1. The lowest BCUT2D eigenvalue weighted by molar-refractivity contribution is 0.101. The van der Waals surface area contributed by atoms with E-state index in [2.05, 4.69) is 39.5 Å². The molecule has 12 heavy (non-hydrogen) atoms. The molecule has 0 atom stereocenters. The molecule has 0 amide bonds. The lowest BCUT2D eigenvalue weighted by Gasteiger charge is -2.39. The Bertz CT molecular complexity index is 106. The molecule has 1 nitrogen and oxygen atoms in total. The molecule has 0 aliphatic rings. The quantitative estimate of drug-likeness (QED) is 0.592. The second-order valence-electron chi connectivity index (χ2n) is 3.78. The van der Waals surface area contributed by atoms with Crippen molar-refractivity contribution in [1.29, 1.82) is 0 Å². The fraction of sp³-hybridized carbons (Fsp3) is 1.00. The van der Waals surface area contributed by atoms with Gasteiger partial charge in [-0.25, -0.2) is 0 Å². The molecule has 0 rings (SSSR count). The van der Waals surface area contributed by atoms with Gasteiger partial charge in [0.25, 0.3) is 0 Å². The summed E-state index contributed by atoms with van der Waals surface area (Å²) < 4.78 is 0. The van der Waals surface area contributed by atoms with Gasteiger partial charge in [-0.3, -0.25) is 4.90 Å². The fourth-order valence-electron chi connectivity index (χ4n) is 1.78. The summed E-state index contributed by atoms with van der Waals surface area (Å²) in [7, 11) is 0. The van der Waals surface area contributed by atoms with E-state index in [0.29, 0.717) is 5.54 Å². The van der Waals surface area contributed by atoms with Gasteiger partial charge in [0.15, 0.2) is 0 Å². The Kier molecular flexibility index (Phi) is 5.56. The van der Waals surface area contributed by atoms with Gasteiger partial charge in [-0.2, -0.15) is 0 Å². The van der Waals surface area contributed by atoms with Gasteiger partial charge in [-0.05, 0) is 39.3 Å². The standard InChI is InChI=1S/C11H25N/c1-6-10-12(9-4)11(5,7-2)8-3/h6-10H2,1-5H3. The van der Waals surface area contributed by atoms with Crippen molar-refractivity contribution in [2.45, 2.75) is 59.4 Å². The first-order valence-electron chi connectivity index (χ1n) is 5.39. The maximum atomic E-state index is 2.60. The van der Waals surface area contributed by atoms with Gasteiger partial charge >= 0.3 is 0 Å². The van der Waals surface area contributed by atoms with E-state index >= 15 is 0 Å². The topological polar surface area (TPSA) is 3.24 Å². The summed E-state index contributed by atoms with van der Waals surface area (Å²) in [4.78, 5) is 2.60. The molecule has 1 heteroatoms. The molecule has 0 saturated carbocycles. The van der Waals surface area contributed by atoms with Crippen molar-refractivity contribution in [2.24, 2.45) is 0 Å². The van der Waals surface area contributed by atoms with Crippen molar-refractivity contribution in [3.63, 3.8) is 0 Å². The van der Waals surface area contributed by atoms with Crippen molar-refractivity contribution < 1.29 is 0 Å². The maximum Gasteiger partial charge on any atom is 0.0176 e. The van der Waals surface area contributed by atoms with Crippen LogP contribution in [0.1, 0.15) is 53.9 Å². The SMILES string of the molecule is CCCN(CC)C(C)(CC)CC. The maximum absolute atomic E-state index is 2.60. The molecular formula is C11H25N. The van der Waals surface area contributed by atoms with Crippen molar-refractivity contribution in [1.82, 2.24) is 4.90 Å². The minimum Gasteiger partial charge on any atom is -0.298 e. The van der Waals surface area contributed by atoms with Gasteiger partial charge in [0.1, 0.15) is 0 Å². The summed E-state index contributed by atoms with van der Waals surface area (Å²) in [5, 5.41) is 0. The summed E-state index contributed by atoms with van der Waals surface area (Å²) in [6.07, 6.45) is 3.79. The number of rotatable bonds is 6. The average molecular weight is 171 g/mol. The first kappa shape index (κ1) is 12.0. The third-order valence-corrected chi connectivity index (χ3v) is 3.16. The zero-order valence-corrected chi connectivity index (χ0v) is 9.48. The normalized spacial score (nSPS) is 12.5. The van der Waals surface area contributed by atoms with E-state index in [1.54, 1.807) is 0 Å². The zero-order valence-electron chi connectivity index (χ0n) is 9.48. The van der Waals surface area contributed by atoms with Crippen LogP contribution in [0, 0.1) is 0 Å². The van der Waals surface area contributed by atoms with Crippen LogP contribution in [-0.4, -0.2) is 23.5 Å². The van der Waals surface area contributed by atoms with Crippen molar-refractivity contribution in [3.05, 3.63) is 0 Å². The summed E-state index contributed by atoms with van der Waals surface area (Å²) in [5.41, 5.74) is 0.435. The van der Waals surface area contributed by atoms with Gasteiger partial charge in [0.2, 0.25) is 0 Å². The second-order valence-corrected chi connectivity index (χ2v) is 3.78. The smallest absolute Gasteiger partial charge is 0.0176 e. The predicted molar refractivity (Wildman–Crippen MR) is 56.5 cm³/mol. The molecule has 0 saturated heterocycles. The van der Waals surface area contributed by atoms with Crippen LogP contribution in [0.3, 0.4) is 0 Å². The summed E-state index contributed by atoms with van der Waals surface area (Å²) in [5.74, 6) is 0. The van der Waals surface area contributed by atoms with Crippen LogP contribution in [0.2, 0.25) is 0 Å². The molecule has 0 heterocycles. The molecule has 0 aliphatic heterocycles. The Morgan fingerprint density at radius 3 is 1.75 bits per heavy atom. The predicted octanol–water partition coefficient (Wildman–Crippen LogP) is 3.30. The van der Waals surface area contributed by atoms with Gasteiger partial charge in [0, 0.05) is 5.54 Å². The van der Waals surface area contributed by atoms with E-state index in [0.717, 1.165) is 0 Å². The van der Waals surface area contributed by atoms with E-state index in [9.17, 15) is 0 Å². The zero-order chi connectivity index (χ0) is 9.61. The molecule has 0 fully saturated rings. The van der Waals surface area contributed by atoms with E-state index < -0.39 is 0 Å². The molecule has 0 aliphatic carbocycles. The molecule has 0 bridgehead atoms. The third kappa shape index (κ3) is 2.78. The van der Waals surface area contributed by atoms with E-state index in [4.69, 9.17) is 0 Å². The summed E-state index contributed by atoms with van der Waals surface area (Å²) in [6, 6.07) is 0. The monoisotopic (exact) mass is 171 g/mol. The molecule has 0 aromatic rings. The second kappa shape index (κ2) is 5.58. The summed E-state index contributed by atoms with van der Waals surface area (Å²) >= 11 is 0. The highest BCUT2D eigenvalue weighted by molar-refractivity contribution is 4.82. The Balaban J connectivity index is 4.21. The first-order chi connectivity index (χ1) is 5.64. The number of nitrogens with zero attached hydrogens (tertiary/aromatic N) is 1. The average Bonchev–Trinajstić information content (AvgIpc) is 2.13. The van der Waals surface area contributed by atoms with E-state index in [-0.39, 0.29) is 0 Å². The lowest BCUT2D eigenvalue weighted by Crippen LogP contribution is -2.45. The molecule has 0 spiro atoms. The van der Waals surface area contributed by atoms with Crippen LogP contribution in [-0.2, 0) is 0 Å². The lowest BCUT2D eigenvalue weighted by atomic mass is 9.93. The Morgan fingerprint density at radius 2 is 1.50 bits per heavy atom. The first-order valence-corrected chi connectivity index (χ1v) is 5.39. The van der Waals surface area contributed by atoms with Gasteiger partial charge in [-0.1, -0.05) is 27.7 Å². The Morgan fingerprint density at radius 1 is 1.00 bits per heavy atom. The third-order valence-electron chi connectivity index (χ3n) is 3.16. The van der Waals surface area contributed by atoms with E-state index in [1.165, 1.54) is 32.4 Å². The Labute approximate surface area is 78.1 Å². The highest BCUT2D eigenvalue weighted by Gasteiger charge is 2.25. The largest absolute Gasteiger partial charge is 0.298 e. The van der Waals surface area contributed by atoms with Gasteiger partial charge in [-0.15, -0.1) is 0 Å². The molecule has 74 valence electrons. The molecule has 0 N–H and O–H groups in total. The van der Waals surface area contributed by atoms with Crippen molar-refractivity contribution >= 4 is 0 Å². The van der Waals surface area contributed by atoms with Crippen LogP contribution >= 0.6 is 0 Å². The van der Waals surface area contributed by atoms with Crippen LogP contribution < -0.4 is 0 Å². The van der Waals surface area contributed by atoms with Crippen LogP contribution in [0.15, 0.2) is 0 Å². The van der Waals surface area contributed by atoms with Gasteiger partial charge in [0.05, 0.1) is 0 Å². The fourth-order valence-corrected chi connectivity index (χ4v) is 1.78. The Hall–Kier alpha value is -0.0400. The van der Waals surface area contributed by atoms with Crippen LogP contribution in [0.4, 0.5) is 0 Å². The van der Waals surface area contributed by atoms with Crippen molar-refractivity contribution in [2.75, 3.05) is 13.1 Å². The van der Waals surface area contributed by atoms with Gasteiger partial charge < -0.3 is 0 Å². The molecule has 0 unspecified atom stereocenters.